The van der Waals surface area contributed by atoms with Gasteiger partial charge < -0.3 is 9.90 Å². The third-order valence-electron chi connectivity index (χ3n) is 1.37. The lowest BCUT2D eigenvalue weighted by molar-refractivity contribution is -0.299. The van der Waals surface area contributed by atoms with Crippen molar-refractivity contribution in [1.82, 2.24) is 0 Å². The number of hydrogen-bond donors (Lipinski definition) is 0. The first-order valence-corrected chi connectivity index (χ1v) is 3.32. The van der Waals surface area contributed by atoms with Crippen LogP contribution in [0.25, 0.3) is 0 Å². The predicted molar refractivity (Wildman–Crippen MR) is 34.3 cm³/mol. The number of carboxylic acid groups (broad SMARTS) is 1. The minimum atomic E-state index is -4.17. The molecule has 2 nitrogen and oxygen atoms in total. The topological polar surface area (TPSA) is 40.1 Å². The fraction of sp³-hybridized carbons (Fsp3) is 0.571. The summed E-state index contributed by atoms with van der Waals surface area (Å²) in [4.78, 5) is 9.94. The molecular weight excluding hydrogens is 192 g/mol. The summed E-state index contributed by atoms with van der Waals surface area (Å²) in [7, 11) is 0. The Hall–Kier alpha value is -1.07. The summed E-state index contributed by atoms with van der Waals surface area (Å²) < 4.78 is 47.4. The molecule has 6 heteroatoms. The van der Waals surface area contributed by atoms with Crippen LogP contribution >= 0.6 is 0 Å². The van der Waals surface area contributed by atoms with E-state index < -0.39 is 36.7 Å². The summed E-state index contributed by atoms with van der Waals surface area (Å²) >= 11 is 0. The van der Waals surface area contributed by atoms with E-state index in [4.69, 9.17) is 0 Å². The molecule has 0 aliphatic rings. The molecule has 0 N–H and O–H groups in total. The third-order valence-corrected chi connectivity index (χ3v) is 1.37. The minimum absolute atomic E-state index is 0.611. The highest BCUT2D eigenvalue weighted by Gasteiger charge is 2.39. The first-order valence-electron chi connectivity index (χ1n) is 3.32. The van der Waals surface area contributed by atoms with Crippen molar-refractivity contribution in [1.29, 1.82) is 0 Å². The zero-order valence-electron chi connectivity index (χ0n) is 6.53. The van der Waals surface area contributed by atoms with Crippen molar-refractivity contribution in [3.05, 3.63) is 12.2 Å². The van der Waals surface area contributed by atoms with Crippen LogP contribution in [0.3, 0.4) is 0 Å². The zero-order chi connectivity index (χ0) is 10.6. The van der Waals surface area contributed by atoms with Crippen LogP contribution in [0.4, 0.5) is 17.6 Å². The lowest BCUT2D eigenvalue weighted by Crippen LogP contribution is -2.29. The quantitative estimate of drug-likeness (QED) is 0.489. The Morgan fingerprint density at radius 2 is 1.92 bits per heavy atom. The number of hydrogen-bond acceptors (Lipinski definition) is 2. The SMILES string of the molecule is C=C(CCC(F)(F)C(F)F)C(=O)[O-]. The maximum Gasteiger partial charge on any atom is 0.307 e. The lowest BCUT2D eigenvalue weighted by Gasteiger charge is -2.15. The van der Waals surface area contributed by atoms with E-state index in [1.807, 2.05) is 0 Å². The van der Waals surface area contributed by atoms with Gasteiger partial charge in [0.25, 0.3) is 0 Å². The Kier molecular flexibility index (Phi) is 3.90. The first kappa shape index (κ1) is 11.9. The van der Waals surface area contributed by atoms with Gasteiger partial charge in [-0.25, -0.2) is 17.6 Å². The number of carboxylic acids is 1. The van der Waals surface area contributed by atoms with Crippen LogP contribution in [0.15, 0.2) is 12.2 Å². The van der Waals surface area contributed by atoms with Gasteiger partial charge >= 0.3 is 12.3 Å². The van der Waals surface area contributed by atoms with Gasteiger partial charge in [0, 0.05) is 6.42 Å². The van der Waals surface area contributed by atoms with Gasteiger partial charge in [-0.3, -0.25) is 0 Å². The van der Waals surface area contributed by atoms with Crippen molar-refractivity contribution in [2.45, 2.75) is 25.2 Å². The Balaban J connectivity index is 4.02. The summed E-state index contributed by atoms with van der Waals surface area (Å²) in [5.41, 5.74) is -0.611. The van der Waals surface area contributed by atoms with E-state index in [0.29, 0.717) is 0 Å². The van der Waals surface area contributed by atoms with E-state index in [-0.39, 0.29) is 0 Å². The molecule has 0 atom stereocenters. The van der Waals surface area contributed by atoms with Crippen molar-refractivity contribution >= 4 is 5.97 Å². The van der Waals surface area contributed by atoms with E-state index >= 15 is 0 Å². The molecule has 0 spiro atoms. The number of aliphatic carboxylic acids is 1. The fourth-order valence-electron chi connectivity index (χ4n) is 0.529. The average Bonchev–Trinajstić information content (AvgIpc) is 1.99. The van der Waals surface area contributed by atoms with Crippen LogP contribution in [0.1, 0.15) is 12.8 Å². The highest BCUT2D eigenvalue weighted by Crippen LogP contribution is 2.28. The second kappa shape index (κ2) is 4.25. The van der Waals surface area contributed by atoms with Crippen LogP contribution in [0.5, 0.6) is 0 Å². The molecule has 0 aliphatic carbocycles. The Morgan fingerprint density at radius 3 is 2.23 bits per heavy atom. The molecule has 0 aromatic rings. The monoisotopic (exact) mass is 199 g/mol. The first-order chi connectivity index (χ1) is 5.77. The van der Waals surface area contributed by atoms with Gasteiger partial charge in [0.1, 0.15) is 0 Å². The largest absolute Gasteiger partial charge is 0.545 e. The molecule has 0 fully saturated rings. The summed E-state index contributed by atoms with van der Waals surface area (Å²) in [5, 5.41) is 9.94. The van der Waals surface area contributed by atoms with Crippen LogP contribution in [0, 0.1) is 0 Å². The van der Waals surface area contributed by atoms with E-state index in [1.54, 1.807) is 0 Å². The smallest absolute Gasteiger partial charge is 0.307 e. The van der Waals surface area contributed by atoms with E-state index in [0.717, 1.165) is 0 Å². The summed E-state index contributed by atoms with van der Waals surface area (Å²) in [6.45, 7) is 2.88. The Labute approximate surface area is 71.9 Å². The second-order valence-electron chi connectivity index (χ2n) is 2.45. The number of carbonyl (C=O) groups is 1. The molecule has 0 heterocycles. The maximum absolute atomic E-state index is 12.2. The van der Waals surface area contributed by atoms with Gasteiger partial charge in [-0.15, -0.1) is 0 Å². The highest BCUT2D eigenvalue weighted by atomic mass is 19.3. The molecule has 0 radical (unpaired) electrons. The molecule has 0 amide bonds. The van der Waals surface area contributed by atoms with E-state index in [2.05, 4.69) is 6.58 Å². The molecule has 0 unspecified atom stereocenters. The Bertz CT molecular complexity index is 213. The summed E-state index contributed by atoms with van der Waals surface area (Å²) in [6.07, 6.45) is -5.74. The van der Waals surface area contributed by atoms with E-state index in [9.17, 15) is 27.5 Å². The summed E-state index contributed by atoms with van der Waals surface area (Å²) in [5.74, 6) is -5.87. The molecule has 13 heavy (non-hydrogen) atoms. The second-order valence-corrected chi connectivity index (χ2v) is 2.45. The van der Waals surface area contributed by atoms with Gasteiger partial charge in [-0.1, -0.05) is 6.58 Å². The van der Waals surface area contributed by atoms with Gasteiger partial charge in [-0.05, 0) is 12.0 Å². The molecule has 0 bridgehead atoms. The van der Waals surface area contributed by atoms with Crippen LogP contribution in [0.2, 0.25) is 0 Å². The average molecular weight is 199 g/mol. The lowest BCUT2D eigenvalue weighted by atomic mass is 10.1. The number of halogens is 4. The van der Waals surface area contributed by atoms with E-state index in [1.165, 1.54) is 0 Å². The number of carbonyl (C=O) groups excluding carboxylic acids is 1. The van der Waals surface area contributed by atoms with Crippen molar-refractivity contribution < 1.29 is 27.5 Å². The van der Waals surface area contributed by atoms with Gasteiger partial charge in [0.05, 0.1) is 5.97 Å². The van der Waals surface area contributed by atoms with Crippen LogP contribution in [-0.4, -0.2) is 18.3 Å². The predicted octanol–water partition coefficient (Wildman–Crippen LogP) is 0.973. The standard InChI is InChI=1S/C7H8F4O2/c1-4(5(12)13)2-3-7(10,11)6(8)9/h6H,1-3H2,(H,12,13)/p-1. The normalized spacial score (nSPS) is 11.8. The summed E-state index contributed by atoms with van der Waals surface area (Å²) in [6, 6.07) is 0. The van der Waals surface area contributed by atoms with Crippen LogP contribution in [-0.2, 0) is 4.79 Å². The highest BCUT2D eigenvalue weighted by molar-refractivity contribution is 5.83. The van der Waals surface area contributed by atoms with Crippen molar-refractivity contribution in [2.75, 3.05) is 0 Å². The van der Waals surface area contributed by atoms with Crippen LogP contribution < -0.4 is 5.11 Å². The van der Waals surface area contributed by atoms with Gasteiger partial charge in [0.15, 0.2) is 0 Å². The third kappa shape index (κ3) is 3.91. The van der Waals surface area contributed by atoms with Crippen molar-refractivity contribution in [2.24, 2.45) is 0 Å². The number of alkyl halides is 4. The molecule has 0 saturated heterocycles. The zero-order valence-corrected chi connectivity index (χ0v) is 6.53. The molecule has 0 aliphatic heterocycles. The molecule has 76 valence electrons. The fourth-order valence-corrected chi connectivity index (χ4v) is 0.529. The van der Waals surface area contributed by atoms with Gasteiger partial charge in [0.2, 0.25) is 0 Å². The molecular formula is C7H7F4O2-. The molecule has 0 aromatic heterocycles. The molecule has 0 rings (SSSR count). The van der Waals surface area contributed by atoms with Crippen molar-refractivity contribution in [3.63, 3.8) is 0 Å². The number of rotatable bonds is 5. The molecule has 0 aromatic carbocycles. The Morgan fingerprint density at radius 1 is 1.46 bits per heavy atom. The maximum atomic E-state index is 12.2. The minimum Gasteiger partial charge on any atom is -0.545 e. The molecule has 0 saturated carbocycles. The van der Waals surface area contributed by atoms with Crippen molar-refractivity contribution in [3.8, 4) is 0 Å². The van der Waals surface area contributed by atoms with Gasteiger partial charge in [-0.2, -0.15) is 0 Å².